The first-order valence-corrected chi connectivity index (χ1v) is 6.81. The van der Waals surface area contributed by atoms with Crippen LogP contribution in [0, 0.1) is 5.82 Å². The highest BCUT2D eigenvalue weighted by atomic mass is 35.5. The summed E-state index contributed by atoms with van der Waals surface area (Å²) in [6, 6.07) is 5.06. The molecule has 1 saturated carbocycles. The number of benzene rings is 1. The molecule has 1 aromatic carbocycles. The molecule has 1 aliphatic rings. The second kappa shape index (κ2) is 4.53. The Hall–Kier alpha value is -1.55. The SMILES string of the molecule is CCc1nc(-c2ccc(F)c(Cl)c2)c(N)n1C1CC1. The van der Waals surface area contributed by atoms with Gasteiger partial charge in [0.1, 0.15) is 23.2 Å². The molecule has 1 aromatic heterocycles. The van der Waals surface area contributed by atoms with E-state index in [9.17, 15) is 4.39 Å². The zero-order valence-electron chi connectivity index (χ0n) is 10.7. The number of halogens is 2. The van der Waals surface area contributed by atoms with Crippen LogP contribution in [0.2, 0.25) is 5.02 Å². The number of aromatic nitrogens is 2. The lowest BCUT2D eigenvalue weighted by molar-refractivity contribution is 0.628. The van der Waals surface area contributed by atoms with Crippen molar-refractivity contribution in [1.82, 2.24) is 9.55 Å². The summed E-state index contributed by atoms with van der Waals surface area (Å²) >= 11 is 5.82. The van der Waals surface area contributed by atoms with Crippen molar-refractivity contribution in [3.05, 3.63) is 34.9 Å². The van der Waals surface area contributed by atoms with E-state index in [4.69, 9.17) is 17.3 Å². The third kappa shape index (κ3) is 2.10. The lowest BCUT2D eigenvalue weighted by Crippen LogP contribution is -2.04. The zero-order valence-corrected chi connectivity index (χ0v) is 11.4. The molecule has 19 heavy (non-hydrogen) atoms. The van der Waals surface area contributed by atoms with Gasteiger partial charge in [-0.2, -0.15) is 0 Å². The van der Waals surface area contributed by atoms with Gasteiger partial charge in [0.2, 0.25) is 0 Å². The predicted octanol–water partition coefficient (Wildman–Crippen LogP) is 3.82. The van der Waals surface area contributed by atoms with Gasteiger partial charge in [-0.3, -0.25) is 0 Å². The molecule has 0 unspecified atom stereocenters. The van der Waals surface area contributed by atoms with E-state index in [1.54, 1.807) is 12.1 Å². The van der Waals surface area contributed by atoms with Crippen LogP contribution < -0.4 is 5.73 Å². The maximum absolute atomic E-state index is 13.2. The Bertz CT molecular complexity index is 632. The molecule has 5 heteroatoms. The average molecular weight is 280 g/mol. The van der Waals surface area contributed by atoms with Crippen LogP contribution in [0.15, 0.2) is 18.2 Å². The van der Waals surface area contributed by atoms with Gasteiger partial charge in [-0.15, -0.1) is 0 Å². The summed E-state index contributed by atoms with van der Waals surface area (Å²) in [4.78, 5) is 4.59. The van der Waals surface area contributed by atoms with Crippen molar-refractivity contribution in [1.29, 1.82) is 0 Å². The van der Waals surface area contributed by atoms with Gasteiger partial charge in [-0.1, -0.05) is 18.5 Å². The molecule has 0 spiro atoms. The van der Waals surface area contributed by atoms with Gasteiger partial charge in [-0.25, -0.2) is 9.37 Å². The zero-order chi connectivity index (χ0) is 13.6. The van der Waals surface area contributed by atoms with Gasteiger partial charge >= 0.3 is 0 Å². The molecule has 0 bridgehead atoms. The Labute approximate surface area is 116 Å². The number of nitrogens with zero attached hydrogens (tertiary/aromatic N) is 2. The Balaban J connectivity index is 2.11. The van der Waals surface area contributed by atoms with Crippen LogP contribution in [-0.2, 0) is 6.42 Å². The number of rotatable bonds is 3. The van der Waals surface area contributed by atoms with Crippen LogP contribution >= 0.6 is 11.6 Å². The van der Waals surface area contributed by atoms with Crippen LogP contribution in [0.5, 0.6) is 0 Å². The van der Waals surface area contributed by atoms with E-state index in [-0.39, 0.29) is 5.02 Å². The van der Waals surface area contributed by atoms with Gasteiger partial charge in [0.25, 0.3) is 0 Å². The van der Waals surface area contributed by atoms with Crippen molar-refractivity contribution in [3.63, 3.8) is 0 Å². The molecule has 1 aliphatic carbocycles. The normalized spacial score (nSPS) is 14.9. The number of hydrogen-bond acceptors (Lipinski definition) is 2. The van der Waals surface area contributed by atoms with E-state index in [1.165, 1.54) is 6.07 Å². The minimum absolute atomic E-state index is 0.0934. The molecule has 2 N–H and O–H groups in total. The summed E-state index contributed by atoms with van der Waals surface area (Å²) < 4.78 is 15.3. The second-order valence-corrected chi connectivity index (χ2v) is 5.25. The number of hydrogen-bond donors (Lipinski definition) is 1. The highest BCUT2D eigenvalue weighted by Crippen LogP contribution is 2.41. The van der Waals surface area contributed by atoms with Crippen molar-refractivity contribution in [2.45, 2.75) is 32.2 Å². The first kappa shape index (κ1) is 12.5. The fourth-order valence-electron chi connectivity index (χ4n) is 2.34. The van der Waals surface area contributed by atoms with E-state index in [0.29, 0.717) is 17.6 Å². The van der Waals surface area contributed by atoms with Gasteiger partial charge in [0.15, 0.2) is 0 Å². The fraction of sp³-hybridized carbons (Fsp3) is 0.357. The Morgan fingerprint density at radius 2 is 2.21 bits per heavy atom. The topological polar surface area (TPSA) is 43.8 Å². The smallest absolute Gasteiger partial charge is 0.141 e. The second-order valence-electron chi connectivity index (χ2n) is 4.85. The largest absolute Gasteiger partial charge is 0.383 e. The van der Waals surface area contributed by atoms with Crippen molar-refractivity contribution in [2.75, 3.05) is 5.73 Å². The highest BCUT2D eigenvalue weighted by Gasteiger charge is 2.29. The third-order valence-corrected chi connectivity index (χ3v) is 3.73. The quantitative estimate of drug-likeness (QED) is 0.928. The number of imidazole rings is 1. The van der Waals surface area contributed by atoms with Crippen LogP contribution in [0.4, 0.5) is 10.2 Å². The molecule has 3 nitrogen and oxygen atoms in total. The standard InChI is InChI=1S/C14H15ClFN3/c1-2-12-18-13(14(17)19(12)9-4-5-9)8-3-6-11(16)10(15)7-8/h3,6-7,9H,2,4-5,17H2,1H3. The number of nitrogens with two attached hydrogens (primary N) is 1. The number of nitrogen functional groups attached to an aromatic ring is 1. The van der Waals surface area contributed by atoms with Gasteiger partial charge in [-0.05, 0) is 31.0 Å². The highest BCUT2D eigenvalue weighted by molar-refractivity contribution is 6.31. The van der Waals surface area contributed by atoms with Crippen molar-refractivity contribution < 1.29 is 4.39 Å². The molecule has 1 fully saturated rings. The van der Waals surface area contributed by atoms with Gasteiger partial charge in [0.05, 0.1) is 5.02 Å². The molecule has 0 aliphatic heterocycles. The van der Waals surface area contributed by atoms with E-state index < -0.39 is 5.82 Å². The van der Waals surface area contributed by atoms with Crippen LogP contribution in [-0.4, -0.2) is 9.55 Å². The number of aryl methyl sites for hydroxylation is 1. The Kier molecular flexibility index (Phi) is 2.97. The van der Waals surface area contributed by atoms with Gasteiger partial charge < -0.3 is 10.3 Å². The third-order valence-electron chi connectivity index (χ3n) is 3.44. The molecule has 0 radical (unpaired) electrons. The van der Waals surface area contributed by atoms with Crippen LogP contribution in [0.25, 0.3) is 11.3 Å². The summed E-state index contributed by atoms with van der Waals surface area (Å²) in [6.45, 7) is 2.06. The maximum atomic E-state index is 13.2. The molecule has 3 rings (SSSR count). The predicted molar refractivity (Wildman–Crippen MR) is 74.7 cm³/mol. The van der Waals surface area contributed by atoms with Crippen molar-refractivity contribution >= 4 is 17.4 Å². The molecule has 100 valence electrons. The molecular weight excluding hydrogens is 265 g/mol. The first-order valence-electron chi connectivity index (χ1n) is 6.43. The Morgan fingerprint density at radius 3 is 2.79 bits per heavy atom. The summed E-state index contributed by atoms with van der Waals surface area (Å²) in [6.07, 6.45) is 3.13. The Morgan fingerprint density at radius 1 is 1.47 bits per heavy atom. The van der Waals surface area contributed by atoms with Crippen molar-refractivity contribution in [3.8, 4) is 11.3 Å². The molecule has 1 heterocycles. The minimum Gasteiger partial charge on any atom is -0.383 e. The molecule has 0 saturated heterocycles. The summed E-state index contributed by atoms with van der Waals surface area (Å²) in [5.74, 6) is 1.21. The summed E-state index contributed by atoms with van der Waals surface area (Å²) in [5.41, 5.74) is 7.67. The van der Waals surface area contributed by atoms with Crippen LogP contribution in [0.1, 0.15) is 31.6 Å². The maximum Gasteiger partial charge on any atom is 0.141 e. The molecule has 0 atom stereocenters. The first-order chi connectivity index (χ1) is 9.11. The molecular formula is C14H15ClFN3. The van der Waals surface area contributed by atoms with E-state index in [1.807, 2.05) is 0 Å². The lowest BCUT2D eigenvalue weighted by Gasteiger charge is -2.06. The summed E-state index contributed by atoms with van der Waals surface area (Å²) in [5, 5.41) is 0.0934. The van der Waals surface area contributed by atoms with E-state index in [2.05, 4.69) is 16.5 Å². The van der Waals surface area contributed by atoms with Gasteiger partial charge in [0, 0.05) is 18.0 Å². The van der Waals surface area contributed by atoms with Crippen LogP contribution in [0.3, 0.4) is 0 Å². The van der Waals surface area contributed by atoms with E-state index in [0.717, 1.165) is 30.7 Å². The minimum atomic E-state index is -0.429. The average Bonchev–Trinajstić information content (AvgIpc) is 3.17. The lowest BCUT2D eigenvalue weighted by atomic mass is 10.1. The summed E-state index contributed by atoms with van der Waals surface area (Å²) in [7, 11) is 0. The number of anilines is 1. The fourth-order valence-corrected chi connectivity index (χ4v) is 2.52. The molecule has 0 amide bonds. The van der Waals surface area contributed by atoms with Crippen molar-refractivity contribution in [2.24, 2.45) is 0 Å². The monoisotopic (exact) mass is 279 g/mol. The van der Waals surface area contributed by atoms with E-state index >= 15 is 0 Å². The molecule has 2 aromatic rings.